The van der Waals surface area contributed by atoms with Crippen molar-refractivity contribution in [3.63, 3.8) is 0 Å². The zero-order valence-electron chi connectivity index (χ0n) is 15.6. The van der Waals surface area contributed by atoms with Crippen LogP contribution in [0.2, 0.25) is 5.02 Å². The van der Waals surface area contributed by atoms with Gasteiger partial charge in [-0.25, -0.2) is 0 Å². The van der Waals surface area contributed by atoms with Gasteiger partial charge in [0.1, 0.15) is 0 Å². The lowest BCUT2D eigenvalue weighted by Crippen LogP contribution is -2.29. The smallest absolute Gasteiger partial charge is 0.325 e. The summed E-state index contributed by atoms with van der Waals surface area (Å²) in [5, 5.41) is 5.02. The van der Waals surface area contributed by atoms with Gasteiger partial charge in [0.25, 0.3) is 5.91 Å². The maximum atomic E-state index is 12.8. The molecule has 0 aliphatic heterocycles. The number of amides is 1. The van der Waals surface area contributed by atoms with E-state index in [0.29, 0.717) is 23.1 Å². The molecule has 4 rings (SSSR count). The predicted molar refractivity (Wildman–Crippen MR) is 108 cm³/mol. The van der Waals surface area contributed by atoms with Crippen LogP contribution in [0.25, 0.3) is 17.2 Å². The van der Waals surface area contributed by atoms with Gasteiger partial charge in [0.2, 0.25) is 5.76 Å². The number of hydrogen-bond donors (Lipinski definition) is 0. The maximum Gasteiger partial charge on any atom is 0.325 e. The van der Waals surface area contributed by atoms with E-state index < -0.39 is 0 Å². The van der Waals surface area contributed by atoms with Crippen LogP contribution >= 0.6 is 11.6 Å². The molecule has 28 heavy (non-hydrogen) atoms. The Morgan fingerprint density at radius 3 is 2.57 bits per heavy atom. The van der Waals surface area contributed by atoms with E-state index in [9.17, 15) is 4.79 Å². The first-order chi connectivity index (χ1) is 13.5. The molecule has 0 spiro atoms. The Hall–Kier alpha value is -3.12. The molecule has 0 aliphatic rings. The number of rotatable bonds is 5. The molecule has 0 atom stereocenters. The summed E-state index contributed by atoms with van der Waals surface area (Å²) in [5.41, 5.74) is 2.51. The third kappa shape index (κ3) is 3.39. The number of carbonyl (C=O) groups is 1. The van der Waals surface area contributed by atoms with Gasteiger partial charge in [-0.1, -0.05) is 54.1 Å². The maximum absolute atomic E-state index is 12.8. The molecule has 0 unspecified atom stereocenters. The van der Waals surface area contributed by atoms with Gasteiger partial charge in [-0.2, -0.15) is 9.50 Å². The van der Waals surface area contributed by atoms with Gasteiger partial charge in [-0.3, -0.25) is 4.79 Å². The summed E-state index contributed by atoms with van der Waals surface area (Å²) in [7, 11) is 1.76. The third-order valence-corrected chi connectivity index (χ3v) is 4.98. The summed E-state index contributed by atoms with van der Waals surface area (Å²) in [5.74, 6) is 0.785. The Morgan fingerprint density at radius 1 is 1.14 bits per heavy atom. The van der Waals surface area contributed by atoms with Crippen molar-refractivity contribution in [2.24, 2.45) is 0 Å². The number of nitrogens with zero attached hydrogens (tertiary/aromatic N) is 4. The molecule has 7 heteroatoms. The number of oxazole rings is 1. The number of halogens is 1. The molecule has 6 nitrogen and oxygen atoms in total. The SMILES string of the molecule is Cc1c(C(=O)N(C)CCc2ccccc2)oc2nc(-c3ccccc3Cl)nn12. The lowest BCUT2D eigenvalue weighted by atomic mass is 10.1. The molecular formula is C21H19ClN4O2. The highest BCUT2D eigenvalue weighted by Crippen LogP contribution is 2.26. The van der Waals surface area contributed by atoms with Crippen LogP contribution in [0.4, 0.5) is 0 Å². The monoisotopic (exact) mass is 394 g/mol. The van der Waals surface area contributed by atoms with E-state index in [4.69, 9.17) is 16.0 Å². The summed E-state index contributed by atoms with van der Waals surface area (Å²) in [6, 6.07) is 17.4. The molecule has 2 heterocycles. The average molecular weight is 395 g/mol. The van der Waals surface area contributed by atoms with Crippen molar-refractivity contribution in [2.45, 2.75) is 13.3 Å². The zero-order valence-corrected chi connectivity index (χ0v) is 16.3. The fourth-order valence-corrected chi connectivity index (χ4v) is 3.24. The first kappa shape index (κ1) is 18.3. The van der Waals surface area contributed by atoms with E-state index in [-0.39, 0.29) is 17.5 Å². The summed E-state index contributed by atoms with van der Waals surface area (Å²) in [6.45, 7) is 2.38. The number of fused-ring (bicyclic) bond motifs is 1. The number of carbonyl (C=O) groups excluding carboxylic acids is 1. The van der Waals surface area contributed by atoms with E-state index >= 15 is 0 Å². The molecule has 1 amide bonds. The number of likely N-dealkylation sites (N-methyl/N-ethyl adjacent to an activating group) is 1. The predicted octanol–water partition coefficient (Wildman–Crippen LogP) is 4.27. The van der Waals surface area contributed by atoms with Crippen LogP contribution in [0.5, 0.6) is 0 Å². The van der Waals surface area contributed by atoms with Crippen molar-refractivity contribution in [1.82, 2.24) is 19.5 Å². The lowest BCUT2D eigenvalue weighted by Gasteiger charge is -2.15. The molecule has 0 saturated carbocycles. The lowest BCUT2D eigenvalue weighted by molar-refractivity contribution is 0.0766. The summed E-state index contributed by atoms with van der Waals surface area (Å²) in [6.07, 6.45) is 0.773. The van der Waals surface area contributed by atoms with Crippen molar-refractivity contribution < 1.29 is 9.21 Å². The van der Waals surface area contributed by atoms with Crippen LogP contribution in [0, 0.1) is 6.92 Å². The highest BCUT2D eigenvalue weighted by Gasteiger charge is 2.24. The summed E-state index contributed by atoms with van der Waals surface area (Å²) < 4.78 is 7.27. The molecule has 0 fully saturated rings. The van der Waals surface area contributed by atoms with Gasteiger partial charge in [0.15, 0.2) is 5.82 Å². The van der Waals surface area contributed by atoms with Crippen molar-refractivity contribution in [1.29, 1.82) is 0 Å². The molecule has 142 valence electrons. The minimum absolute atomic E-state index is 0.194. The van der Waals surface area contributed by atoms with E-state index in [1.165, 1.54) is 10.1 Å². The highest BCUT2D eigenvalue weighted by molar-refractivity contribution is 6.33. The van der Waals surface area contributed by atoms with Crippen molar-refractivity contribution in [2.75, 3.05) is 13.6 Å². The Morgan fingerprint density at radius 2 is 1.86 bits per heavy atom. The quantitative estimate of drug-likeness (QED) is 0.507. The number of aromatic nitrogens is 3. The van der Waals surface area contributed by atoms with Gasteiger partial charge < -0.3 is 9.32 Å². The second-order valence-corrected chi connectivity index (χ2v) is 7.00. The second kappa shape index (κ2) is 7.48. The van der Waals surface area contributed by atoms with Crippen LogP contribution in [0.15, 0.2) is 59.0 Å². The third-order valence-electron chi connectivity index (χ3n) is 4.65. The normalized spacial score (nSPS) is 11.1. The molecule has 0 bridgehead atoms. The largest absolute Gasteiger partial charge is 0.416 e. The Labute approximate surface area is 167 Å². The van der Waals surface area contributed by atoms with Crippen LogP contribution in [0.1, 0.15) is 21.8 Å². The van der Waals surface area contributed by atoms with Gasteiger partial charge in [-0.15, -0.1) is 5.10 Å². The van der Waals surface area contributed by atoms with Gasteiger partial charge >= 0.3 is 5.84 Å². The minimum Gasteiger partial charge on any atom is -0.416 e. The molecule has 0 radical (unpaired) electrons. The standard InChI is InChI=1S/C21H19ClN4O2/c1-14-18(20(27)25(2)13-12-15-8-4-3-5-9-15)28-21-23-19(24-26(14)21)16-10-6-7-11-17(16)22/h3-11H,12-13H2,1-2H3. The van der Waals surface area contributed by atoms with E-state index in [1.54, 1.807) is 24.9 Å². The number of aryl methyl sites for hydroxylation is 1. The van der Waals surface area contributed by atoms with Crippen molar-refractivity contribution in [3.05, 3.63) is 76.6 Å². The van der Waals surface area contributed by atoms with E-state index in [0.717, 1.165) is 12.0 Å². The topological polar surface area (TPSA) is 63.6 Å². The van der Waals surface area contributed by atoms with Crippen molar-refractivity contribution in [3.8, 4) is 11.4 Å². The molecule has 0 N–H and O–H groups in total. The molecular weight excluding hydrogens is 376 g/mol. The van der Waals surface area contributed by atoms with E-state index in [1.807, 2.05) is 48.5 Å². The van der Waals surface area contributed by atoms with Gasteiger partial charge in [-0.05, 0) is 31.0 Å². The molecule has 2 aromatic heterocycles. The average Bonchev–Trinajstić information content (AvgIpc) is 3.26. The molecule has 0 saturated heterocycles. The fraction of sp³-hybridized carbons (Fsp3) is 0.190. The first-order valence-electron chi connectivity index (χ1n) is 8.95. The number of benzene rings is 2. The molecule has 2 aromatic carbocycles. The fourth-order valence-electron chi connectivity index (χ4n) is 3.02. The van der Waals surface area contributed by atoms with Gasteiger partial charge in [0.05, 0.1) is 10.7 Å². The van der Waals surface area contributed by atoms with Crippen LogP contribution in [0.3, 0.4) is 0 Å². The van der Waals surface area contributed by atoms with Gasteiger partial charge in [0, 0.05) is 19.2 Å². The van der Waals surface area contributed by atoms with Crippen molar-refractivity contribution >= 4 is 23.4 Å². The summed E-state index contributed by atoms with van der Waals surface area (Å²) in [4.78, 5) is 18.8. The Balaban J connectivity index is 1.55. The Bertz CT molecular complexity index is 1130. The van der Waals surface area contributed by atoms with Crippen LogP contribution in [-0.2, 0) is 6.42 Å². The molecule has 4 aromatic rings. The zero-order chi connectivity index (χ0) is 19.7. The van der Waals surface area contributed by atoms with E-state index in [2.05, 4.69) is 10.1 Å². The van der Waals surface area contributed by atoms with Crippen LogP contribution in [-0.4, -0.2) is 39.0 Å². The second-order valence-electron chi connectivity index (χ2n) is 6.59. The van der Waals surface area contributed by atoms with Crippen LogP contribution < -0.4 is 0 Å². The Kier molecular flexibility index (Phi) is 4.88. The number of hydrogen-bond acceptors (Lipinski definition) is 4. The summed E-state index contributed by atoms with van der Waals surface area (Å²) >= 11 is 6.22. The highest BCUT2D eigenvalue weighted by atomic mass is 35.5. The minimum atomic E-state index is -0.194. The molecule has 0 aliphatic carbocycles. The first-order valence-corrected chi connectivity index (χ1v) is 9.33.